The van der Waals surface area contributed by atoms with Gasteiger partial charge in [0.1, 0.15) is 0 Å². The highest BCUT2D eigenvalue weighted by atomic mass is 16.2. The molecule has 0 unspecified atom stereocenters. The normalized spacial score (nSPS) is 13.5. The number of hydrogen-bond acceptors (Lipinski definition) is 2. The van der Waals surface area contributed by atoms with E-state index in [-0.39, 0.29) is 17.6 Å². The first-order valence-corrected chi connectivity index (χ1v) is 11.1. The van der Waals surface area contributed by atoms with Crippen LogP contribution in [0, 0.1) is 11.8 Å². The zero-order valence-electron chi connectivity index (χ0n) is 18.3. The van der Waals surface area contributed by atoms with Crippen LogP contribution in [0.5, 0.6) is 0 Å². The lowest BCUT2D eigenvalue weighted by Crippen LogP contribution is -2.33. The lowest BCUT2D eigenvalue weighted by Gasteiger charge is -2.19. The van der Waals surface area contributed by atoms with Gasteiger partial charge in [-0.15, -0.1) is 0 Å². The fourth-order valence-corrected chi connectivity index (χ4v) is 3.31. The number of amides is 1. The molecule has 0 aliphatic rings. The first kappa shape index (κ1) is 25.6. The molecule has 3 nitrogen and oxygen atoms in total. The summed E-state index contributed by atoms with van der Waals surface area (Å²) in [5.41, 5.74) is 1.04. The Balaban J connectivity index is 4.37. The molecule has 0 aromatic heterocycles. The second-order valence-electron chi connectivity index (χ2n) is 7.74. The molecule has 1 N–H and O–H groups in total. The highest BCUT2D eigenvalue weighted by Crippen LogP contribution is 2.25. The number of nitrogens with one attached hydrogen (secondary N) is 1. The second-order valence-corrected chi connectivity index (χ2v) is 7.74. The van der Waals surface area contributed by atoms with E-state index in [0.29, 0.717) is 6.42 Å². The van der Waals surface area contributed by atoms with Crippen LogP contribution in [0.25, 0.3) is 0 Å². The van der Waals surface area contributed by atoms with Crippen molar-refractivity contribution in [2.45, 2.75) is 97.8 Å². The molecule has 0 bridgehead atoms. The van der Waals surface area contributed by atoms with Gasteiger partial charge in [-0.3, -0.25) is 9.59 Å². The molecule has 0 aromatic carbocycles. The van der Waals surface area contributed by atoms with Crippen molar-refractivity contribution in [3.05, 3.63) is 24.3 Å². The number of rotatable bonds is 17. The van der Waals surface area contributed by atoms with E-state index < -0.39 is 5.91 Å². The predicted molar refractivity (Wildman–Crippen MR) is 117 cm³/mol. The highest BCUT2D eigenvalue weighted by Gasteiger charge is 2.25. The number of likely N-dealkylation sites (N-methyl/N-ethyl adjacent to an activating group) is 1. The molecule has 0 fully saturated rings. The predicted octanol–water partition coefficient (Wildman–Crippen LogP) is 6.39. The molecule has 3 heteroatoms. The number of ketones is 1. The summed E-state index contributed by atoms with van der Waals surface area (Å²) < 4.78 is 0. The molecule has 0 radical (unpaired) electrons. The van der Waals surface area contributed by atoms with Crippen molar-refractivity contribution in [3.8, 4) is 0 Å². The molecule has 0 aromatic rings. The molecular weight excluding hydrogens is 334 g/mol. The maximum atomic E-state index is 12.4. The third kappa shape index (κ3) is 12.6. The van der Waals surface area contributed by atoms with Gasteiger partial charge in [0.25, 0.3) is 5.91 Å². The van der Waals surface area contributed by atoms with Gasteiger partial charge in [0.05, 0.1) is 0 Å². The highest BCUT2D eigenvalue weighted by molar-refractivity contribution is 6.36. The third-order valence-electron chi connectivity index (χ3n) is 5.29. The Labute approximate surface area is 168 Å². The summed E-state index contributed by atoms with van der Waals surface area (Å²) in [4.78, 5) is 24.3. The Kier molecular flexibility index (Phi) is 15.9. The van der Waals surface area contributed by atoms with E-state index in [1.807, 2.05) is 0 Å². The molecule has 0 heterocycles. The maximum Gasteiger partial charge on any atom is 0.287 e. The van der Waals surface area contributed by atoms with Crippen molar-refractivity contribution in [2.24, 2.45) is 11.8 Å². The fraction of sp³-hybridized carbons (Fsp3) is 0.750. The number of Topliss-reactive ketones (excluding diaryl/α,β-unsaturated/α-hetero) is 1. The SMILES string of the molecule is C=C(C[C@@H](CCCCCCCCCCC)C(=O)C(=O)NC)[C@@H](C)/C=C\CC. The summed E-state index contributed by atoms with van der Waals surface area (Å²) in [6.07, 6.45) is 18.0. The lowest BCUT2D eigenvalue weighted by atomic mass is 9.85. The van der Waals surface area contributed by atoms with Gasteiger partial charge in [-0.05, 0) is 25.2 Å². The van der Waals surface area contributed by atoms with E-state index in [1.165, 1.54) is 52.0 Å². The number of carbonyl (C=O) groups is 2. The summed E-state index contributed by atoms with van der Waals surface area (Å²) in [5, 5.41) is 2.48. The summed E-state index contributed by atoms with van der Waals surface area (Å²) in [7, 11) is 1.53. The van der Waals surface area contributed by atoms with Crippen LogP contribution in [0.2, 0.25) is 0 Å². The van der Waals surface area contributed by atoms with Crippen molar-refractivity contribution >= 4 is 11.7 Å². The first-order valence-electron chi connectivity index (χ1n) is 11.1. The minimum absolute atomic E-state index is 0.237. The quantitative estimate of drug-likeness (QED) is 0.181. The number of carbonyl (C=O) groups excluding carboxylic acids is 2. The smallest absolute Gasteiger partial charge is 0.287 e. The zero-order chi connectivity index (χ0) is 20.5. The maximum absolute atomic E-state index is 12.4. The van der Waals surface area contributed by atoms with E-state index in [2.05, 4.69) is 44.8 Å². The molecule has 0 aliphatic heterocycles. The number of allylic oxidation sites excluding steroid dienone is 3. The van der Waals surface area contributed by atoms with Crippen LogP contribution in [-0.4, -0.2) is 18.7 Å². The largest absolute Gasteiger partial charge is 0.353 e. The van der Waals surface area contributed by atoms with Gasteiger partial charge >= 0.3 is 0 Å². The van der Waals surface area contributed by atoms with Crippen LogP contribution in [0.4, 0.5) is 0 Å². The summed E-state index contributed by atoms with van der Waals surface area (Å²) >= 11 is 0. The second kappa shape index (κ2) is 16.8. The van der Waals surface area contributed by atoms with Gasteiger partial charge in [0, 0.05) is 13.0 Å². The van der Waals surface area contributed by atoms with Crippen molar-refractivity contribution in [1.82, 2.24) is 5.32 Å². The van der Waals surface area contributed by atoms with E-state index in [4.69, 9.17) is 0 Å². The van der Waals surface area contributed by atoms with Crippen molar-refractivity contribution < 1.29 is 9.59 Å². The summed E-state index contributed by atoms with van der Waals surface area (Å²) in [6, 6.07) is 0. The standard InChI is InChI=1S/C24H43NO2/c1-6-8-10-11-12-13-14-15-16-18-22(23(26)24(27)25-5)19-21(4)20(3)17-9-7-2/h9,17,20,22H,4,6-8,10-16,18-19H2,1-3,5H3,(H,25,27)/b17-9-/t20-,22+/m0/s1. The van der Waals surface area contributed by atoms with Crippen LogP contribution in [0.1, 0.15) is 97.8 Å². The average molecular weight is 378 g/mol. The number of hydrogen-bond donors (Lipinski definition) is 1. The molecule has 0 saturated heterocycles. The van der Waals surface area contributed by atoms with Crippen LogP contribution < -0.4 is 5.32 Å². The minimum Gasteiger partial charge on any atom is -0.353 e. The Morgan fingerprint density at radius 1 is 0.963 bits per heavy atom. The van der Waals surface area contributed by atoms with Gasteiger partial charge in [-0.25, -0.2) is 0 Å². The first-order chi connectivity index (χ1) is 13.0. The average Bonchev–Trinajstić information content (AvgIpc) is 2.68. The van der Waals surface area contributed by atoms with Crippen LogP contribution in [0.15, 0.2) is 24.3 Å². The molecule has 0 saturated carbocycles. The molecular formula is C24H43NO2. The summed E-state index contributed by atoms with van der Waals surface area (Å²) in [6.45, 7) is 10.6. The van der Waals surface area contributed by atoms with Crippen LogP contribution >= 0.6 is 0 Å². The van der Waals surface area contributed by atoms with Gasteiger partial charge < -0.3 is 5.32 Å². The van der Waals surface area contributed by atoms with Gasteiger partial charge in [-0.1, -0.05) is 103 Å². The molecule has 0 rings (SSSR count). The monoisotopic (exact) mass is 377 g/mol. The Morgan fingerprint density at radius 2 is 1.52 bits per heavy atom. The number of unbranched alkanes of at least 4 members (excludes halogenated alkanes) is 8. The molecule has 0 aliphatic carbocycles. The molecule has 156 valence electrons. The van der Waals surface area contributed by atoms with Crippen LogP contribution in [-0.2, 0) is 9.59 Å². The van der Waals surface area contributed by atoms with Crippen molar-refractivity contribution in [2.75, 3.05) is 7.05 Å². The van der Waals surface area contributed by atoms with Crippen molar-refractivity contribution in [1.29, 1.82) is 0 Å². The van der Waals surface area contributed by atoms with E-state index in [0.717, 1.165) is 31.3 Å². The Bertz CT molecular complexity index is 453. The fourth-order valence-electron chi connectivity index (χ4n) is 3.31. The Morgan fingerprint density at radius 3 is 2.04 bits per heavy atom. The third-order valence-corrected chi connectivity index (χ3v) is 5.29. The van der Waals surface area contributed by atoms with E-state index in [1.54, 1.807) is 0 Å². The van der Waals surface area contributed by atoms with Crippen LogP contribution in [0.3, 0.4) is 0 Å². The van der Waals surface area contributed by atoms with Gasteiger partial charge in [0.2, 0.25) is 5.78 Å². The zero-order valence-corrected chi connectivity index (χ0v) is 18.3. The van der Waals surface area contributed by atoms with Gasteiger partial charge in [-0.2, -0.15) is 0 Å². The Hall–Kier alpha value is -1.38. The molecule has 1 amide bonds. The molecule has 2 atom stereocenters. The van der Waals surface area contributed by atoms with Crippen molar-refractivity contribution in [3.63, 3.8) is 0 Å². The van der Waals surface area contributed by atoms with E-state index >= 15 is 0 Å². The molecule has 0 spiro atoms. The topological polar surface area (TPSA) is 46.2 Å². The van der Waals surface area contributed by atoms with Gasteiger partial charge in [0.15, 0.2) is 0 Å². The molecule has 27 heavy (non-hydrogen) atoms. The van der Waals surface area contributed by atoms with E-state index in [9.17, 15) is 9.59 Å². The lowest BCUT2D eigenvalue weighted by molar-refractivity contribution is -0.140. The minimum atomic E-state index is -0.472. The summed E-state index contributed by atoms with van der Waals surface area (Å²) in [5.74, 6) is -0.752.